The van der Waals surface area contributed by atoms with Crippen molar-refractivity contribution >= 4 is 15.9 Å². The molecular weight excluding hydrogens is 266 g/mol. The summed E-state index contributed by atoms with van der Waals surface area (Å²) in [6, 6.07) is 6.52. The summed E-state index contributed by atoms with van der Waals surface area (Å²) in [5.41, 5.74) is 2.65. The number of benzene rings is 1. The molecule has 0 radical (unpaired) electrons. The Hall–Kier alpha value is -0.380. The van der Waals surface area contributed by atoms with Crippen molar-refractivity contribution in [1.82, 2.24) is 4.90 Å². The number of nitrogens with zero attached hydrogens (tertiary/aromatic N) is 1. The Kier molecular flexibility index (Phi) is 4.00. The van der Waals surface area contributed by atoms with Gasteiger partial charge in [0.2, 0.25) is 0 Å². The van der Waals surface area contributed by atoms with Crippen LogP contribution in [0.15, 0.2) is 22.7 Å². The number of halogens is 1. The molecule has 1 saturated heterocycles. The molecule has 0 bridgehead atoms. The molecule has 1 fully saturated rings. The highest BCUT2D eigenvalue weighted by Crippen LogP contribution is 2.21. The van der Waals surface area contributed by atoms with E-state index in [0.717, 1.165) is 26.1 Å². The predicted octanol–water partition coefficient (Wildman–Crippen LogP) is 2.57. The highest BCUT2D eigenvalue weighted by Gasteiger charge is 2.21. The number of hydrogen-bond donors (Lipinski definition) is 1. The summed E-state index contributed by atoms with van der Waals surface area (Å²) in [4.78, 5) is 2.42. The maximum absolute atomic E-state index is 9.10. The molecule has 1 unspecified atom stereocenters. The zero-order valence-corrected chi connectivity index (χ0v) is 11.2. The van der Waals surface area contributed by atoms with E-state index in [1.165, 1.54) is 15.6 Å². The van der Waals surface area contributed by atoms with Gasteiger partial charge in [0.05, 0.1) is 0 Å². The molecule has 0 aliphatic carbocycles. The lowest BCUT2D eigenvalue weighted by molar-refractivity contribution is 0.220. The number of aliphatic hydroxyl groups excluding tert-OH is 1. The van der Waals surface area contributed by atoms with Crippen LogP contribution in [0.1, 0.15) is 17.5 Å². The fourth-order valence-corrected chi connectivity index (χ4v) is 2.52. The summed E-state index contributed by atoms with van der Waals surface area (Å²) in [6.07, 6.45) is 1.13. The molecule has 1 N–H and O–H groups in total. The van der Waals surface area contributed by atoms with Gasteiger partial charge in [0.15, 0.2) is 0 Å². The Balaban J connectivity index is 1.97. The van der Waals surface area contributed by atoms with Crippen LogP contribution in [0.2, 0.25) is 0 Å². The number of aliphatic hydroxyl groups is 1. The van der Waals surface area contributed by atoms with E-state index < -0.39 is 0 Å². The monoisotopic (exact) mass is 283 g/mol. The van der Waals surface area contributed by atoms with Gasteiger partial charge in [-0.25, -0.2) is 0 Å². The number of aryl methyl sites for hydroxylation is 1. The van der Waals surface area contributed by atoms with Gasteiger partial charge in [-0.3, -0.25) is 4.90 Å². The van der Waals surface area contributed by atoms with Crippen molar-refractivity contribution in [2.24, 2.45) is 5.92 Å². The molecule has 1 aliphatic heterocycles. The normalized spacial score (nSPS) is 21.6. The van der Waals surface area contributed by atoms with Crippen LogP contribution in [-0.4, -0.2) is 29.7 Å². The second-order valence-corrected chi connectivity index (χ2v) is 5.51. The van der Waals surface area contributed by atoms with Crippen LogP contribution < -0.4 is 0 Å². The molecular formula is C13H18BrNO. The first-order valence-corrected chi connectivity index (χ1v) is 6.56. The van der Waals surface area contributed by atoms with E-state index in [2.05, 4.69) is 46.0 Å². The van der Waals surface area contributed by atoms with E-state index >= 15 is 0 Å². The second kappa shape index (κ2) is 5.30. The van der Waals surface area contributed by atoms with Crippen molar-refractivity contribution in [2.45, 2.75) is 19.9 Å². The Morgan fingerprint density at radius 1 is 1.50 bits per heavy atom. The van der Waals surface area contributed by atoms with Gasteiger partial charge in [-0.1, -0.05) is 28.1 Å². The van der Waals surface area contributed by atoms with E-state index in [1.807, 2.05) is 0 Å². The van der Waals surface area contributed by atoms with Crippen molar-refractivity contribution in [3.05, 3.63) is 33.8 Å². The number of likely N-dealkylation sites (tertiary alicyclic amines) is 1. The van der Waals surface area contributed by atoms with Crippen molar-refractivity contribution in [3.8, 4) is 0 Å². The number of hydrogen-bond acceptors (Lipinski definition) is 2. The Labute approximate surface area is 105 Å². The second-order valence-electron chi connectivity index (χ2n) is 4.66. The molecule has 1 aromatic carbocycles. The van der Waals surface area contributed by atoms with Crippen molar-refractivity contribution in [2.75, 3.05) is 19.7 Å². The van der Waals surface area contributed by atoms with Crippen LogP contribution in [0.25, 0.3) is 0 Å². The molecule has 1 heterocycles. The lowest BCUT2D eigenvalue weighted by Gasteiger charge is -2.16. The van der Waals surface area contributed by atoms with Crippen LogP contribution in [0.5, 0.6) is 0 Å². The predicted molar refractivity (Wildman–Crippen MR) is 69.3 cm³/mol. The van der Waals surface area contributed by atoms with Gasteiger partial charge in [0, 0.05) is 24.2 Å². The maximum atomic E-state index is 9.10. The molecule has 0 aromatic heterocycles. The standard InChI is InChI=1S/C13H18BrNO/c1-10-6-11(2-3-13(10)14)7-15-5-4-12(8-15)9-16/h2-3,6,12,16H,4-5,7-9H2,1H3. The Morgan fingerprint density at radius 2 is 2.31 bits per heavy atom. The Morgan fingerprint density at radius 3 is 2.94 bits per heavy atom. The summed E-state index contributed by atoms with van der Waals surface area (Å²) in [5.74, 6) is 0.483. The third-order valence-electron chi connectivity index (χ3n) is 3.26. The van der Waals surface area contributed by atoms with E-state index in [9.17, 15) is 0 Å². The molecule has 1 aliphatic rings. The molecule has 0 amide bonds. The smallest absolute Gasteiger partial charge is 0.0471 e. The molecule has 16 heavy (non-hydrogen) atoms. The van der Waals surface area contributed by atoms with Gasteiger partial charge < -0.3 is 5.11 Å². The highest BCUT2D eigenvalue weighted by atomic mass is 79.9. The third-order valence-corrected chi connectivity index (χ3v) is 4.15. The molecule has 3 heteroatoms. The zero-order valence-electron chi connectivity index (χ0n) is 9.62. The topological polar surface area (TPSA) is 23.5 Å². The number of rotatable bonds is 3. The average Bonchev–Trinajstić information content (AvgIpc) is 2.71. The minimum Gasteiger partial charge on any atom is -0.396 e. The molecule has 2 nitrogen and oxygen atoms in total. The van der Waals surface area contributed by atoms with Crippen LogP contribution in [0.4, 0.5) is 0 Å². The average molecular weight is 284 g/mol. The summed E-state index contributed by atoms with van der Waals surface area (Å²) >= 11 is 3.52. The third kappa shape index (κ3) is 2.84. The quantitative estimate of drug-likeness (QED) is 0.922. The summed E-state index contributed by atoms with van der Waals surface area (Å²) in [5, 5.41) is 9.10. The molecule has 0 saturated carbocycles. The maximum Gasteiger partial charge on any atom is 0.0471 e. The van der Waals surface area contributed by atoms with Crippen molar-refractivity contribution in [3.63, 3.8) is 0 Å². The molecule has 2 rings (SSSR count). The lowest BCUT2D eigenvalue weighted by Crippen LogP contribution is -2.21. The SMILES string of the molecule is Cc1cc(CN2CCC(CO)C2)ccc1Br. The van der Waals surface area contributed by atoms with E-state index in [0.29, 0.717) is 12.5 Å². The van der Waals surface area contributed by atoms with Gasteiger partial charge in [0.25, 0.3) is 0 Å². The highest BCUT2D eigenvalue weighted by molar-refractivity contribution is 9.10. The van der Waals surface area contributed by atoms with E-state index in [4.69, 9.17) is 5.11 Å². The lowest BCUT2D eigenvalue weighted by atomic mass is 10.1. The summed E-state index contributed by atoms with van der Waals surface area (Å²) in [7, 11) is 0. The van der Waals surface area contributed by atoms with Crippen LogP contribution in [0, 0.1) is 12.8 Å². The van der Waals surface area contributed by atoms with Crippen LogP contribution in [0.3, 0.4) is 0 Å². The van der Waals surface area contributed by atoms with Gasteiger partial charge in [-0.05, 0) is 43.0 Å². The van der Waals surface area contributed by atoms with Crippen molar-refractivity contribution < 1.29 is 5.11 Å². The van der Waals surface area contributed by atoms with Gasteiger partial charge in [0.1, 0.15) is 0 Å². The molecule has 1 atom stereocenters. The van der Waals surface area contributed by atoms with Crippen LogP contribution >= 0.6 is 15.9 Å². The first-order valence-electron chi connectivity index (χ1n) is 5.77. The van der Waals surface area contributed by atoms with Gasteiger partial charge >= 0.3 is 0 Å². The van der Waals surface area contributed by atoms with Crippen LogP contribution in [-0.2, 0) is 6.54 Å². The first kappa shape index (κ1) is 12.1. The van der Waals surface area contributed by atoms with E-state index in [1.54, 1.807) is 0 Å². The molecule has 1 aromatic rings. The molecule has 0 spiro atoms. The van der Waals surface area contributed by atoms with Gasteiger partial charge in [-0.15, -0.1) is 0 Å². The summed E-state index contributed by atoms with van der Waals surface area (Å²) in [6.45, 7) is 5.60. The molecule has 88 valence electrons. The van der Waals surface area contributed by atoms with E-state index in [-0.39, 0.29) is 0 Å². The Bertz CT molecular complexity index is 367. The zero-order chi connectivity index (χ0) is 11.5. The largest absolute Gasteiger partial charge is 0.396 e. The fraction of sp³-hybridized carbons (Fsp3) is 0.538. The minimum atomic E-state index is 0.329. The van der Waals surface area contributed by atoms with Gasteiger partial charge in [-0.2, -0.15) is 0 Å². The minimum absolute atomic E-state index is 0.329. The summed E-state index contributed by atoms with van der Waals surface area (Å²) < 4.78 is 1.17. The first-order chi connectivity index (χ1) is 7.69. The fourth-order valence-electron chi connectivity index (χ4n) is 2.27. The van der Waals surface area contributed by atoms with Crippen molar-refractivity contribution in [1.29, 1.82) is 0 Å².